The summed E-state index contributed by atoms with van der Waals surface area (Å²) >= 11 is 1.32. The number of thiazole rings is 1. The minimum atomic E-state index is -0.838. The fourth-order valence-corrected chi connectivity index (χ4v) is 2.22. The second-order valence-corrected chi connectivity index (χ2v) is 5.05. The van der Waals surface area contributed by atoms with Gasteiger partial charge in [-0.25, -0.2) is 14.7 Å². The van der Waals surface area contributed by atoms with Crippen molar-refractivity contribution in [2.75, 3.05) is 4.90 Å². The molecule has 0 saturated heterocycles. The van der Waals surface area contributed by atoms with E-state index in [0.717, 1.165) is 10.5 Å². The second-order valence-electron chi connectivity index (χ2n) is 4.34. The van der Waals surface area contributed by atoms with Gasteiger partial charge in [-0.3, -0.25) is 4.79 Å². The molecule has 0 spiro atoms. The lowest BCUT2D eigenvalue weighted by molar-refractivity contribution is -0.118. The van der Waals surface area contributed by atoms with Crippen LogP contribution in [0, 0.1) is 0 Å². The predicted molar refractivity (Wildman–Crippen MR) is 79.9 cm³/mol. The van der Waals surface area contributed by atoms with Crippen LogP contribution in [-0.2, 0) is 16.1 Å². The summed E-state index contributed by atoms with van der Waals surface area (Å²) in [6.07, 6.45) is -0.656. The minimum Gasteiger partial charge on any atom is -0.444 e. The summed E-state index contributed by atoms with van der Waals surface area (Å²) in [4.78, 5) is 28.8. The summed E-state index contributed by atoms with van der Waals surface area (Å²) in [6, 6.07) is 8.44. The van der Waals surface area contributed by atoms with Crippen LogP contribution in [-0.4, -0.2) is 23.0 Å². The van der Waals surface area contributed by atoms with Gasteiger partial charge in [0.15, 0.2) is 0 Å². The first-order valence-corrected chi connectivity index (χ1v) is 7.21. The Kier molecular flexibility index (Phi) is 4.89. The molecule has 0 aliphatic heterocycles. The molecule has 2 amide bonds. The van der Waals surface area contributed by atoms with Crippen molar-refractivity contribution in [2.24, 2.45) is 5.73 Å². The molecule has 0 aliphatic carbocycles. The van der Waals surface area contributed by atoms with E-state index in [2.05, 4.69) is 4.98 Å². The van der Waals surface area contributed by atoms with Gasteiger partial charge < -0.3 is 10.5 Å². The number of hydrogen-bond acceptors (Lipinski definition) is 5. The molecule has 1 heterocycles. The monoisotopic (exact) mass is 305 g/mol. The molecular formula is C14H15N3O3S. The van der Waals surface area contributed by atoms with Crippen LogP contribution < -0.4 is 10.6 Å². The summed E-state index contributed by atoms with van der Waals surface area (Å²) in [6.45, 7) is 1.65. The maximum atomic E-state index is 12.2. The van der Waals surface area contributed by atoms with Gasteiger partial charge in [-0.1, -0.05) is 30.3 Å². The van der Waals surface area contributed by atoms with Gasteiger partial charge >= 0.3 is 6.09 Å². The second kappa shape index (κ2) is 6.85. The molecule has 2 N–H and O–H groups in total. The van der Waals surface area contributed by atoms with Gasteiger partial charge in [0.05, 0.1) is 5.51 Å². The third-order valence-electron chi connectivity index (χ3n) is 2.87. The first-order chi connectivity index (χ1) is 10.1. The number of aromatic nitrogens is 1. The SMILES string of the molecule is CC(C(N)=O)N(C(=O)OCc1ccccc1)c1cscn1. The Morgan fingerprint density at radius 3 is 2.67 bits per heavy atom. The Morgan fingerprint density at radius 2 is 2.10 bits per heavy atom. The number of benzene rings is 1. The number of hydrogen-bond donors (Lipinski definition) is 1. The van der Waals surface area contributed by atoms with E-state index in [4.69, 9.17) is 10.5 Å². The van der Waals surface area contributed by atoms with E-state index in [1.54, 1.807) is 10.9 Å². The van der Waals surface area contributed by atoms with E-state index in [1.165, 1.54) is 18.3 Å². The normalized spacial score (nSPS) is 11.7. The highest BCUT2D eigenvalue weighted by Crippen LogP contribution is 2.18. The summed E-state index contributed by atoms with van der Waals surface area (Å²) < 4.78 is 5.23. The zero-order valence-electron chi connectivity index (χ0n) is 11.4. The van der Waals surface area contributed by atoms with Crippen molar-refractivity contribution in [3.8, 4) is 0 Å². The molecule has 2 aromatic rings. The lowest BCUT2D eigenvalue weighted by Crippen LogP contribution is -2.46. The Hall–Kier alpha value is -2.41. The number of amides is 2. The Labute approximate surface area is 126 Å². The predicted octanol–water partition coefficient (Wildman–Crippen LogP) is 2.16. The molecule has 21 heavy (non-hydrogen) atoms. The molecule has 1 unspecified atom stereocenters. The van der Waals surface area contributed by atoms with Crippen LogP contribution in [0.4, 0.5) is 10.6 Å². The molecule has 7 heteroatoms. The van der Waals surface area contributed by atoms with Crippen LogP contribution in [0.25, 0.3) is 0 Å². The van der Waals surface area contributed by atoms with Gasteiger partial charge in [-0.05, 0) is 12.5 Å². The van der Waals surface area contributed by atoms with Gasteiger partial charge in [-0.2, -0.15) is 0 Å². The zero-order valence-corrected chi connectivity index (χ0v) is 12.2. The molecule has 0 fully saturated rings. The topological polar surface area (TPSA) is 85.5 Å². The lowest BCUT2D eigenvalue weighted by atomic mass is 10.2. The van der Waals surface area contributed by atoms with E-state index in [-0.39, 0.29) is 6.61 Å². The Morgan fingerprint density at radius 1 is 1.38 bits per heavy atom. The van der Waals surface area contributed by atoms with Gasteiger partial charge in [0, 0.05) is 5.38 Å². The molecule has 0 bridgehead atoms. The number of rotatable bonds is 5. The Balaban J connectivity index is 2.10. The van der Waals surface area contributed by atoms with Crippen LogP contribution in [0.1, 0.15) is 12.5 Å². The van der Waals surface area contributed by atoms with E-state index < -0.39 is 18.0 Å². The van der Waals surface area contributed by atoms with Crippen LogP contribution in [0.5, 0.6) is 0 Å². The van der Waals surface area contributed by atoms with Crippen molar-refractivity contribution >= 4 is 29.2 Å². The molecule has 0 saturated carbocycles. The van der Waals surface area contributed by atoms with Crippen LogP contribution in [0.15, 0.2) is 41.2 Å². The molecule has 1 atom stereocenters. The molecule has 1 aromatic carbocycles. The van der Waals surface area contributed by atoms with Gasteiger partial charge in [0.25, 0.3) is 0 Å². The summed E-state index contributed by atoms with van der Waals surface area (Å²) in [5, 5.41) is 1.66. The number of primary amides is 1. The maximum Gasteiger partial charge on any atom is 0.416 e. The zero-order chi connectivity index (χ0) is 15.2. The number of nitrogens with two attached hydrogens (primary N) is 1. The first kappa shape index (κ1) is 15.0. The molecular weight excluding hydrogens is 290 g/mol. The average molecular weight is 305 g/mol. The van der Waals surface area contributed by atoms with Gasteiger partial charge in [-0.15, -0.1) is 11.3 Å². The molecule has 6 nitrogen and oxygen atoms in total. The lowest BCUT2D eigenvalue weighted by Gasteiger charge is -2.24. The number of nitrogens with zero attached hydrogens (tertiary/aromatic N) is 2. The standard InChI is InChI=1S/C14H15N3O3S/c1-10(13(15)18)17(12-8-21-9-16-12)14(19)20-7-11-5-3-2-4-6-11/h2-6,8-10H,7H2,1H3,(H2,15,18). The smallest absolute Gasteiger partial charge is 0.416 e. The highest BCUT2D eigenvalue weighted by molar-refractivity contribution is 7.07. The summed E-state index contributed by atoms with van der Waals surface area (Å²) in [7, 11) is 0. The third kappa shape index (κ3) is 3.79. The van der Waals surface area contributed by atoms with Crippen LogP contribution in [0.3, 0.4) is 0 Å². The molecule has 0 radical (unpaired) electrons. The Bertz CT molecular complexity index is 601. The van der Waals surface area contributed by atoms with Crippen molar-refractivity contribution in [2.45, 2.75) is 19.6 Å². The van der Waals surface area contributed by atoms with Crippen LogP contribution >= 0.6 is 11.3 Å². The van der Waals surface area contributed by atoms with Crippen LogP contribution in [0.2, 0.25) is 0 Å². The maximum absolute atomic E-state index is 12.2. The number of anilines is 1. The number of carbonyl (C=O) groups excluding carboxylic acids is 2. The van der Waals surface area contributed by atoms with E-state index in [1.807, 2.05) is 30.3 Å². The van der Waals surface area contributed by atoms with E-state index in [9.17, 15) is 9.59 Å². The molecule has 2 rings (SSSR count). The van der Waals surface area contributed by atoms with Crippen molar-refractivity contribution in [1.82, 2.24) is 4.98 Å². The van der Waals surface area contributed by atoms with Crippen molar-refractivity contribution in [3.63, 3.8) is 0 Å². The quantitative estimate of drug-likeness (QED) is 0.917. The van der Waals surface area contributed by atoms with Crippen molar-refractivity contribution in [1.29, 1.82) is 0 Å². The fraction of sp³-hybridized carbons (Fsp3) is 0.214. The highest BCUT2D eigenvalue weighted by atomic mass is 32.1. The minimum absolute atomic E-state index is 0.117. The average Bonchev–Trinajstić information content (AvgIpc) is 3.00. The highest BCUT2D eigenvalue weighted by Gasteiger charge is 2.28. The number of ether oxygens (including phenoxy) is 1. The molecule has 1 aromatic heterocycles. The largest absolute Gasteiger partial charge is 0.444 e. The fourth-order valence-electron chi connectivity index (χ4n) is 1.69. The molecule has 0 aliphatic rings. The third-order valence-corrected chi connectivity index (χ3v) is 3.44. The molecule has 110 valence electrons. The van der Waals surface area contributed by atoms with E-state index in [0.29, 0.717) is 5.82 Å². The van der Waals surface area contributed by atoms with E-state index >= 15 is 0 Å². The van der Waals surface area contributed by atoms with Crippen molar-refractivity contribution < 1.29 is 14.3 Å². The van der Waals surface area contributed by atoms with Gasteiger partial charge in [0.1, 0.15) is 18.5 Å². The van der Waals surface area contributed by atoms with Crippen molar-refractivity contribution in [3.05, 3.63) is 46.8 Å². The van der Waals surface area contributed by atoms with Gasteiger partial charge in [0.2, 0.25) is 5.91 Å². The summed E-state index contributed by atoms with van der Waals surface area (Å²) in [5.74, 6) is -0.274. The number of carbonyl (C=O) groups is 2. The first-order valence-electron chi connectivity index (χ1n) is 6.27. The summed E-state index contributed by atoms with van der Waals surface area (Å²) in [5.41, 5.74) is 7.70.